The number of carbonyl (C=O) groups excluding carboxylic acids is 2. The molecule has 0 radical (unpaired) electrons. The van der Waals surface area contributed by atoms with Crippen LogP contribution in [-0.2, 0) is 11.2 Å². The molecule has 0 unspecified atom stereocenters. The molecule has 138 valence electrons. The summed E-state index contributed by atoms with van der Waals surface area (Å²) in [5.41, 5.74) is 1.10. The van der Waals surface area contributed by atoms with Crippen molar-refractivity contribution in [2.24, 2.45) is 0 Å². The number of urea groups is 1. The minimum absolute atomic E-state index is 0.0410. The van der Waals surface area contributed by atoms with Crippen molar-refractivity contribution in [2.45, 2.75) is 39.2 Å². The Labute approximate surface area is 150 Å². The van der Waals surface area contributed by atoms with Gasteiger partial charge in [-0.05, 0) is 44.4 Å². The summed E-state index contributed by atoms with van der Waals surface area (Å²) in [5.74, 6) is 0.959. The predicted molar refractivity (Wildman–Crippen MR) is 97.8 cm³/mol. The number of nitrogens with zero attached hydrogens (tertiary/aromatic N) is 2. The Kier molecular flexibility index (Phi) is 7.10. The topological polar surface area (TPSA) is 61.9 Å². The average Bonchev–Trinajstić information content (AvgIpc) is 2.85. The van der Waals surface area contributed by atoms with Crippen LogP contribution in [0.3, 0.4) is 0 Å². The van der Waals surface area contributed by atoms with Crippen molar-refractivity contribution in [3.63, 3.8) is 0 Å². The highest BCUT2D eigenvalue weighted by atomic mass is 16.5. The number of hydrogen-bond donors (Lipinski definition) is 1. The van der Waals surface area contributed by atoms with E-state index in [2.05, 4.69) is 5.32 Å². The van der Waals surface area contributed by atoms with Crippen molar-refractivity contribution < 1.29 is 14.3 Å². The first-order chi connectivity index (χ1) is 12.0. The highest BCUT2D eigenvalue weighted by Gasteiger charge is 2.22. The molecule has 0 atom stereocenters. The molecule has 1 aliphatic heterocycles. The summed E-state index contributed by atoms with van der Waals surface area (Å²) in [4.78, 5) is 28.3. The molecule has 1 fully saturated rings. The van der Waals surface area contributed by atoms with E-state index in [0.29, 0.717) is 39.0 Å². The number of benzene rings is 1. The zero-order valence-corrected chi connectivity index (χ0v) is 15.5. The Morgan fingerprint density at radius 1 is 1.16 bits per heavy atom. The maximum Gasteiger partial charge on any atom is 0.317 e. The Bertz CT molecular complexity index is 589. The lowest BCUT2D eigenvalue weighted by atomic mass is 10.1. The van der Waals surface area contributed by atoms with Crippen LogP contribution < -0.4 is 10.1 Å². The molecule has 0 saturated carbocycles. The highest BCUT2D eigenvalue weighted by Crippen LogP contribution is 2.15. The second-order valence-corrected chi connectivity index (χ2v) is 6.68. The van der Waals surface area contributed by atoms with Crippen LogP contribution in [0.2, 0.25) is 0 Å². The van der Waals surface area contributed by atoms with Crippen molar-refractivity contribution in [2.75, 3.05) is 33.3 Å². The molecule has 0 aliphatic carbocycles. The summed E-state index contributed by atoms with van der Waals surface area (Å²) in [6, 6.07) is 7.90. The molecule has 1 aromatic rings. The molecule has 1 aromatic carbocycles. The zero-order valence-electron chi connectivity index (χ0n) is 15.5. The second-order valence-electron chi connectivity index (χ2n) is 6.68. The van der Waals surface area contributed by atoms with Crippen LogP contribution in [0, 0.1) is 0 Å². The SMILES string of the molecule is COc1cccc(CCC(=O)N2CCCN(C(=O)NC(C)C)CC2)c1. The van der Waals surface area contributed by atoms with Crippen molar-refractivity contribution in [3.8, 4) is 5.75 Å². The van der Waals surface area contributed by atoms with E-state index in [-0.39, 0.29) is 18.0 Å². The van der Waals surface area contributed by atoms with E-state index in [1.807, 2.05) is 43.0 Å². The number of rotatable bonds is 5. The number of hydrogen-bond acceptors (Lipinski definition) is 3. The number of nitrogens with one attached hydrogen (secondary N) is 1. The van der Waals surface area contributed by atoms with Gasteiger partial charge in [0.15, 0.2) is 0 Å². The number of methoxy groups -OCH3 is 1. The van der Waals surface area contributed by atoms with Gasteiger partial charge in [-0.25, -0.2) is 4.79 Å². The molecule has 2 rings (SSSR count). The third kappa shape index (κ3) is 5.96. The van der Waals surface area contributed by atoms with Gasteiger partial charge in [0.1, 0.15) is 5.75 Å². The minimum atomic E-state index is -0.0410. The number of aryl methyl sites for hydroxylation is 1. The van der Waals surface area contributed by atoms with Gasteiger partial charge in [0.25, 0.3) is 0 Å². The van der Waals surface area contributed by atoms with Gasteiger partial charge in [0.05, 0.1) is 7.11 Å². The van der Waals surface area contributed by atoms with Crippen LogP contribution in [0.25, 0.3) is 0 Å². The molecular weight excluding hydrogens is 318 g/mol. The average molecular weight is 347 g/mol. The van der Waals surface area contributed by atoms with Crippen LogP contribution >= 0.6 is 0 Å². The van der Waals surface area contributed by atoms with Gasteiger partial charge in [-0.3, -0.25) is 4.79 Å². The minimum Gasteiger partial charge on any atom is -0.497 e. The summed E-state index contributed by atoms with van der Waals surface area (Å²) < 4.78 is 5.22. The van der Waals surface area contributed by atoms with Crippen LogP contribution in [-0.4, -0.2) is 61.1 Å². The van der Waals surface area contributed by atoms with E-state index >= 15 is 0 Å². The first-order valence-electron chi connectivity index (χ1n) is 8.95. The fraction of sp³-hybridized carbons (Fsp3) is 0.579. The van der Waals surface area contributed by atoms with Gasteiger partial charge in [0, 0.05) is 38.6 Å². The molecule has 25 heavy (non-hydrogen) atoms. The zero-order chi connectivity index (χ0) is 18.2. The van der Waals surface area contributed by atoms with E-state index in [4.69, 9.17) is 4.74 Å². The van der Waals surface area contributed by atoms with Crippen LogP contribution in [0.15, 0.2) is 24.3 Å². The Balaban J connectivity index is 1.83. The maximum atomic E-state index is 12.5. The molecule has 0 aromatic heterocycles. The first kappa shape index (κ1) is 19.1. The normalized spacial score (nSPS) is 15.0. The summed E-state index contributed by atoms with van der Waals surface area (Å²) in [6.45, 7) is 6.49. The van der Waals surface area contributed by atoms with Crippen molar-refractivity contribution in [1.29, 1.82) is 0 Å². The largest absolute Gasteiger partial charge is 0.497 e. The molecule has 1 heterocycles. The Morgan fingerprint density at radius 3 is 2.60 bits per heavy atom. The lowest BCUT2D eigenvalue weighted by molar-refractivity contribution is -0.131. The molecule has 1 saturated heterocycles. The van der Waals surface area contributed by atoms with Gasteiger partial charge in [-0.1, -0.05) is 12.1 Å². The van der Waals surface area contributed by atoms with Gasteiger partial charge in [-0.15, -0.1) is 0 Å². The lowest BCUT2D eigenvalue weighted by Crippen LogP contribution is -2.44. The Hall–Kier alpha value is -2.24. The molecule has 0 spiro atoms. The summed E-state index contributed by atoms with van der Waals surface area (Å²) in [6.07, 6.45) is 1.99. The first-order valence-corrected chi connectivity index (χ1v) is 8.95. The molecule has 1 N–H and O–H groups in total. The van der Waals surface area contributed by atoms with Crippen LogP contribution in [0.1, 0.15) is 32.3 Å². The number of carbonyl (C=O) groups is 2. The lowest BCUT2D eigenvalue weighted by Gasteiger charge is -2.23. The molecule has 3 amide bonds. The molecule has 1 aliphatic rings. The molecule has 6 nitrogen and oxygen atoms in total. The quantitative estimate of drug-likeness (QED) is 0.889. The van der Waals surface area contributed by atoms with E-state index < -0.39 is 0 Å². The highest BCUT2D eigenvalue weighted by molar-refractivity contribution is 5.77. The van der Waals surface area contributed by atoms with Crippen molar-refractivity contribution in [1.82, 2.24) is 15.1 Å². The third-order valence-electron chi connectivity index (χ3n) is 4.31. The predicted octanol–water partition coefficient (Wildman–Crippen LogP) is 2.28. The fourth-order valence-corrected chi connectivity index (χ4v) is 2.95. The van der Waals surface area contributed by atoms with Gasteiger partial charge >= 0.3 is 6.03 Å². The van der Waals surface area contributed by atoms with Crippen molar-refractivity contribution >= 4 is 11.9 Å². The fourth-order valence-electron chi connectivity index (χ4n) is 2.95. The summed E-state index contributed by atoms with van der Waals surface area (Å²) in [5, 5.41) is 2.91. The number of ether oxygens (including phenoxy) is 1. The molecule has 0 bridgehead atoms. The van der Waals surface area contributed by atoms with Gasteiger partial charge in [0.2, 0.25) is 5.91 Å². The maximum absolute atomic E-state index is 12.5. The van der Waals surface area contributed by atoms with E-state index in [1.54, 1.807) is 12.0 Å². The summed E-state index contributed by atoms with van der Waals surface area (Å²) in [7, 11) is 1.64. The van der Waals surface area contributed by atoms with Crippen molar-refractivity contribution in [3.05, 3.63) is 29.8 Å². The second kappa shape index (κ2) is 9.30. The molecular formula is C19H29N3O3. The summed E-state index contributed by atoms with van der Waals surface area (Å²) >= 11 is 0. The molecule has 6 heteroatoms. The van der Waals surface area contributed by atoms with E-state index in [1.165, 1.54) is 0 Å². The van der Waals surface area contributed by atoms with Crippen LogP contribution in [0.5, 0.6) is 5.75 Å². The van der Waals surface area contributed by atoms with Crippen LogP contribution in [0.4, 0.5) is 4.79 Å². The monoisotopic (exact) mass is 347 g/mol. The smallest absolute Gasteiger partial charge is 0.317 e. The van der Waals surface area contributed by atoms with E-state index in [0.717, 1.165) is 17.7 Å². The van der Waals surface area contributed by atoms with Gasteiger partial charge in [-0.2, -0.15) is 0 Å². The third-order valence-corrected chi connectivity index (χ3v) is 4.31. The van der Waals surface area contributed by atoms with Gasteiger partial charge < -0.3 is 19.9 Å². The Morgan fingerprint density at radius 2 is 1.88 bits per heavy atom. The number of amides is 3. The standard InChI is InChI=1S/C19H29N3O3/c1-15(2)20-19(24)22-11-5-10-21(12-13-22)18(23)9-8-16-6-4-7-17(14-16)25-3/h4,6-7,14-15H,5,8-13H2,1-3H3,(H,20,24). The van der Waals surface area contributed by atoms with E-state index in [9.17, 15) is 9.59 Å².